The molecule has 1 aliphatic rings. The maximum Gasteiger partial charge on any atom is 0.350 e. The molecule has 1 aromatic heterocycles. The number of methoxy groups -OCH3 is 3. The Balaban J connectivity index is 1.85. The van der Waals surface area contributed by atoms with Crippen LogP contribution in [0.1, 0.15) is 26.9 Å². The van der Waals surface area contributed by atoms with Gasteiger partial charge in [-0.2, -0.15) is 0 Å². The largest absolute Gasteiger partial charge is 0.496 e. The third-order valence-corrected chi connectivity index (χ3v) is 5.25. The highest BCUT2D eigenvalue weighted by Gasteiger charge is 2.32. The quantitative estimate of drug-likeness (QED) is 0.777. The van der Waals surface area contributed by atoms with Crippen molar-refractivity contribution in [3.05, 3.63) is 39.6 Å². The number of rotatable bonds is 4. The van der Waals surface area contributed by atoms with Crippen molar-refractivity contribution in [2.75, 3.05) is 33.2 Å². The molecule has 1 unspecified atom stereocenters. The number of β-amino-alcohol motifs (C(OH)–C–C–N with tert-alkyl or cyclic N) is 1. The minimum Gasteiger partial charge on any atom is -0.496 e. The van der Waals surface area contributed by atoms with Gasteiger partial charge in [0, 0.05) is 11.1 Å². The summed E-state index contributed by atoms with van der Waals surface area (Å²) in [5, 5.41) is 15.0. The molecule has 1 aromatic carbocycles. The van der Waals surface area contributed by atoms with Gasteiger partial charge in [-0.05, 0) is 23.6 Å². The Morgan fingerprint density at radius 2 is 1.89 bits per heavy atom. The second-order valence-electron chi connectivity index (χ2n) is 5.84. The third kappa shape index (κ3) is 3.56. The molecule has 3 rings (SSSR count). The fourth-order valence-corrected chi connectivity index (χ4v) is 3.85. The monoisotopic (exact) mass is 392 g/mol. The number of hydrogen-bond donors (Lipinski definition) is 2. The number of aliphatic hydroxyl groups is 1. The van der Waals surface area contributed by atoms with Crippen molar-refractivity contribution in [3.63, 3.8) is 0 Å². The molecule has 0 radical (unpaired) electrons. The summed E-state index contributed by atoms with van der Waals surface area (Å²) in [6, 6.07) is 4.66. The number of anilines is 1. The molecule has 2 aromatic rings. The molecular formula is C18H20N2O6S. The maximum atomic E-state index is 12.7. The Kier molecular flexibility index (Phi) is 5.52. The molecule has 0 bridgehead atoms. The van der Waals surface area contributed by atoms with Gasteiger partial charge < -0.3 is 29.5 Å². The van der Waals surface area contributed by atoms with Crippen LogP contribution < -0.4 is 14.8 Å². The second kappa shape index (κ2) is 7.85. The van der Waals surface area contributed by atoms with Crippen LogP contribution in [0.25, 0.3) is 0 Å². The van der Waals surface area contributed by atoms with Gasteiger partial charge >= 0.3 is 12.0 Å². The number of urea groups is 1. The van der Waals surface area contributed by atoms with Gasteiger partial charge in [0.2, 0.25) is 0 Å². The summed E-state index contributed by atoms with van der Waals surface area (Å²) in [6.45, 7) is 0.316. The molecule has 2 N–H and O–H groups in total. The van der Waals surface area contributed by atoms with Crippen LogP contribution in [0.4, 0.5) is 10.5 Å². The van der Waals surface area contributed by atoms with Gasteiger partial charge in [-0.25, -0.2) is 9.59 Å². The van der Waals surface area contributed by atoms with E-state index in [2.05, 4.69) is 5.32 Å². The highest BCUT2D eigenvalue weighted by Crippen LogP contribution is 2.39. The predicted octanol–water partition coefficient (Wildman–Crippen LogP) is 2.63. The van der Waals surface area contributed by atoms with Crippen LogP contribution in [0.15, 0.2) is 23.6 Å². The van der Waals surface area contributed by atoms with E-state index in [1.165, 1.54) is 37.6 Å². The molecule has 0 saturated carbocycles. The first kappa shape index (κ1) is 19.0. The van der Waals surface area contributed by atoms with Crippen molar-refractivity contribution in [3.8, 4) is 11.5 Å². The van der Waals surface area contributed by atoms with Gasteiger partial charge in [0.05, 0.1) is 40.1 Å². The number of hydrogen-bond acceptors (Lipinski definition) is 7. The molecule has 1 atom stereocenters. The standard InChI is InChI=1S/C18H20N2O6S/c1-24-13-4-5-14(25-2)15-10(13)8-20(9-12(15)21)18(23)19-11-6-7-27-16(11)17(22)26-3/h4-7,12,21H,8-9H2,1-3H3,(H,19,23). The van der Waals surface area contributed by atoms with Gasteiger partial charge in [0.15, 0.2) is 0 Å². The summed E-state index contributed by atoms with van der Waals surface area (Å²) in [4.78, 5) is 26.3. The number of nitrogens with zero attached hydrogens (tertiary/aromatic N) is 1. The summed E-state index contributed by atoms with van der Waals surface area (Å²) >= 11 is 1.18. The van der Waals surface area contributed by atoms with Gasteiger partial charge in [0.25, 0.3) is 0 Å². The molecule has 1 aliphatic heterocycles. The lowest BCUT2D eigenvalue weighted by atomic mass is 9.95. The number of ether oxygens (including phenoxy) is 3. The van der Waals surface area contributed by atoms with E-state index in [0.29, 0.717) is 33.2 Å². The lowest BCUT2D eigenvalue weighted by molar-refractivity contribution is 0.0607. The van der Waals surface area contributed by atoms with Crippen molar-refractivity contribution in [2.45, 2.75) is 12.6 Å². The van der Waals surface area contributed by atoms with Gasteiger partial charge in [-0.15, -0.1) is 11.3 Å². The minimum absolute atomic E-state index is 0.0834. The zero-order valence-electron chi connectivity index (χ0n) is 15.1. The van der Waals surface area contributed by atoms with Crippen LogP contribution in [0.5, 0.6) is 11.5 Å². The number of esters is 1. The molecule has 0 aliphatic carbocycles. The van der Waals surface area contributed by atoms with E-state index >= 15 is 0 Å². The van der Waals surface area contributed by atoms with Crippen LogP contribution in [0.3, 0.4) is 0 Å². The molecule has 27 heavy (non-hydrogen) atoms. The number of carbonyl (C=O) groups is 2. The average molecular weight is 392 g/mol. The van der Waals surface area contributed by atoms with Crippen molar-refractivity contribution in [1.29, 1.82) is 0 Å². The minimum atomic E-state index is -0.924. The average Bonchev–Trinajstić information content (AvgIpc) is 3.14. The van der Waals surface area contributed by atoms with Crippen molar-refractivity contribution in [1.82, 2.24) is 4.90 Å². The van der Waals surface area contributed by atoms with E-state index in [9.17, 15) is 14.7 Å². The first-order valence-electron chi connectivity index (χ1n) is 8.13. The molecule has 2 heterocycles. The highest BCUT2D eigenvalue weighted by molar-refractivity contribution is 7.12. The van der Waals surface area contributed by atoms with E-state index in [1.807, 2.05) is 0 Å². The molecule has 144 valence electrons. The summed E-state index contributed by atoms with van der Waals surface area (Å²) in [5.74, 6) is 0.591. The van der Waals surface area contributed by atoms with E-state index in [4.69, 9.17) is 14.2 Å². The Labute approximate surface area is 160 Å². The van der Waals surface area contributed by atoms with E-state index in [1.54, 1.807) is 23.6 Å². The van der Waals surface area contributed by atoms with E-state index in [0.717, 1.165) is 0 Å². The topological polar surface area (TPSA) is 97.3 Å². The van der Waals surface area contributed by atoms with Crippen LogP contribution in [-0.4, -0.2) is 49.9 Å². The van der Waals surface area contributed by atoms with Crippen molar-refractivity contribution >= 4 is 29.0 Å². The Bertz CT molecular complexity index is 866. The molecule has 0 saturated heterocycles. The van der Waals surface area contributed by atoms with Gasteiger partial charge in [-0.1, -0.05) is 0 Å². The van der Waals surface area contributed by atoms with Crippen molar-refractivity contribution in [2.24, 2.45) is 0 Å². The van der Waals surface area contributed by atoms with E-state index < -0.39 is 18.1 Å². The zero-order chi connectivity index (χ0) is 19.6. The molecular weight excluding hydrogens is 372 g/mol. The first-order valence-corrected chi connectivity index (χ1v) is 9.01. The summed E-state index contributed by atoms with van der Waals surface area (Å²) in [7, 11) is 4.34. The fourth-order valence-electron chi connectivity index (χ4n) is 3.08. The number of amides is 2. The van der Waals surface area contributed by atoms with Crippen LogP contribution in [0.2, 0.25) is 0 Å². The second-order valence-corrected chi connectivity index (χ2v) is 6.76. The lowest BCUT2D eigenvalue weighted by Crippen LogP contribution is -2.41. The molecule has 9 heteroatoms. The normalized spacial score (nSPS) is 15.7. The van der Waals surface area contributed by atoms with Crippen molar-refractivity contribution < 1.29 is 28.9 Å². The number of aliphatic hydroxyl groups excluding tert-OH is 1. The summed E-state index contributed by atoms with van der Waals surface area (Å²) in [6.07, 6.45) is -0.924. The first-order chi connectivity index (χ1) is 13.0. The predicted molar refractivity (Wildman–Crippen MR) is 99.6 cm³/mol. The van der Waals surface area contributed by atoms with Crippen LogP contribution in [-0.2, 0) is 11.3 Å². The number of thiophene rings is 1. The Hall–Kier alpha value is -2.78. The summed E-state index contributed by atoms with van der Waals surface area (Å²) in [5.41, 5.74) is 1.67. The molecule has 0 fully saturated rings. The third-order valence-electron chi connectivity index (χ3n) is 4.35. The number of fused-ring (bicyclic) bond motifs is 1. The molecule has 2 amide bonds. The van der Waals surface area contributed by atoms with Crippen LogP contribution in [0, 0.1) is 0 Å². The smallest absolute Gasteiger partial charge is 0.350 e. The zero-order valence-corrected chi connectivity index (χ0v) is 16.0. The van der Waals surface area contributed by atoms with Gasteiger partial charge in [0.1, 0.15) is 22.5 Å². The lowest BCUT2D eigenvalue weighted by Gasteiger charge is -2.33. The van der Waals surface area contributed by atoms with E-state index in [-0.39, 0.29) is 13.1 Å². The van der Waals surface area contributed by atoms with Gasteiger partial charge in [-0.3, -0.25) is 0 Å². The Morgan fingerprint density at radius 3 is 2.56 bits per heavy atom. The number of nitrogens with one attached hydrogen (secondary N) is 1. The maximum absolute atomic E-state index is 12.7. The highest BCUT2D eigenvalue weighted by atomic mass is 32.1. The summed E-state index contributed by atoms with van der Waals surface area (Å²) < 4.78 is 15.4. The fraction of sp³-hybridized carbons (Fsp3) is 0.333. The number of benzene rings is 1. The van der Waals surface area contributed by atoms with Crippen LogP contribution >= 0.6 is 11.3 Å². The Morgan fingerprint density at radius 1 is 1.19 bits per heavy atom. The SMILES string of the molecule is COC(=O)c1sccc1NC(=O)N1Cc2c(OC)ccc(OC)c2C(O)C1. The molecule has 8 nitrogen and oxygen atoms in total. The molecule has 0 spiro atoms. The number of carbonyl (C=O) groups excluding carboxylic acids is 2.